The molecule has 0 saturated heterocycles. The van der Waals surface area contributed by atoms with E-state index in [-0.39, 0.29) is 18.3 Å². The van der Waals surface area contributed by atoms with E-state index < -0.39 is 5.97 Å². The summed E-state index contributed by atoms with van der Waals surface area (Å²) in [5, 5.41) is 2.76. The first-order chi connectivity index (χ1) is 12.9. The smallest absolute Gasteiger partial charge is 0.338 e. The minimum Gasteiger partial charge on any atom is -0.459 e. The first-order valence-electron chi connectivity index (χ1n) is 8.63. The molecule has 0 aliphatic carbocycles. The number of nitrogens with one attached hydrogen (secondary N) is 1. The van der Waals surface area contributed by atoms with Gasteiger partial charge in [0.25, 0.3) is 5.91 Å². The van der Waals surface area contributed by atoms with Crippen LogP contribution in [0.25, 0.3) is 0 Å². The molecule has 1 N–H and O–H groups in total. The highest BCUT2D eigenvalue weighted by atomic mass is 16.5. The van der Waals surface area contributed by atoms with Crippen molar-refractivity contribution in [2.24, 2.45) is 0 Å². The lowest BCUT2D eigenvalue weighted by molar-refractivity contribution is 0.0472. The highest BCUT2D eigenvalue weighted by Crippen LogP contribution is 2.20. The fraction of sp³-hybridized carbons (Fsp3) is 0.182. The highest BCUT2D eigenvalue weighted by molar-refractivity contribution is 6.03. The van der Waals surface area contributed by atoms with Gasteiger partial charge in [0.15, 0.2) is 5.76 Å². The van der Waals surface area contributed by atoms with Crippen molar-refractivity contribution in [2.75, 3.05) is 5.32 Å². The fourth-order valence-corrected chi connectivity index (χ4v) is 2.66. The zero-order valence-electron chi connectivity index (χ0n) is 15.5. The second kappa shape index (κ2) is 7.91. The molecule has 0 bridgehead atoms. The number of hydrogen-bond acceptors (Lipinski definition) is 4. The zero-order chi connectivity index (χ0) is 19.4. The van der Waals surface area contributed by atoms with Crippen molar-refractivity contribution in [3.05, 3.63) is 88.4 Å². The van der Waals surface area contributed by atoms with Crippen LogP contribution in [0.2, 0.25) is 0 Å². The van der Waals surface area contributed by atoms with Crippen molar-refractivity contribution < 1.29 is 18.7 Å². The number of carbonyl (C=O) groups is 2. The highest BCUT2D eigenvalue weighted by Gasteiger charge is 2.14. The molecule has 3 aromatic rings. The van der Waals surface area contributed by atoms with E-state index in [0.717, 1.165) is 22.3 Å². The summed E-state index contributed by atoms with van der Waals surface area (Å²) in [5.41, 5.74) is 4.91. The van der Waals surface area contributed by atoms with Gasteiger partial charge in [-0.25, -0.2) is 4.79 Å². The Morgan fingerprint density at radius 1 is 1.00 bits per heavy atom. The molecule has 0 spiro atoms. The fourth-order valence-electron chi connectivity index (χ4n) is 2.66. The van der Waals surface area contributed by atoms with Gasteiger partial charge in [0.2, 0.25) is 0 Å². The molecule has 0 saturated carbocycles. The molecule has 2 aromatic carbocycles. The van der Waals surface area contributed by atoms with Gasteiger partial charge in [0.1, 0.15) is 6.61 Å². The average Bonchev–Trinajstić information content (AvgIpc) is 3.19. The second-order valence-electron chi connectivity index (χ2n) is 6.47. The summed E-state index contributed by atoms with van der Waals surface area (Å²) in [5.74, 6) is -0.606. The summed E-state index contributed by atoms with van der Waals surface area (Å²) in [6, 6.07) is 14.3. The number of ether oxygens (including phenoxy) is 1. The van der Waals surface area contributed by atoms with E-state index in [1.807, 2.05) is 39.0 Å². The molecular weight excluding hydrogens is 342 g/mol. The molecule has 27 heavy (non-hydrogen) atoms. The molecule has 5 nitrogen and oxygen atoms in total. The molecule has 1 heterocycles. The Kier molecular flexibility index (Phi) is 5.41. The Morgan fingerprint density at radius 3 is 2.52 bits per heavy atom. The Hall–Kier alpha value is -3.34. The molecule has 1 amide bonds. The number of furan rings is 1. The predicted octanol–water partition coefficient (Wildman–Crippen LogP) is 4.81. The second-order valence-corrected chi connectivity index (χ2v) is 6.47. The quantitative estimate of drug-likeness (QED) is 0.660. The largest absolute Gasteiger partial charge is 0.459 e. The van der Waals surface area contributed by atoms with Gasteiger partial charge in [-0.15, -0.1) is 0 Å². The molecule has 0 atom stereocenters. The van der Waals surface area contributed by atoms with Gasteiger partial charge in [-0.2, -0.15) is 0 Å². The topological polar surface area (TPSA) is 68.5 Å². The standard InChI is InChI=1S/C22H21NO4/c1-14-6-7-15(2)18(11-14)13-27-22(25)17-9-8-16(3)19(12-17)23-21(24)20-5-4-10-26-20/h4-12H,13H2,1-3H3,(H,23,24). The van der Waals surface area contributed by atoms with Crippen LogP contribution in [0.1, 0.15) is 43.2 Å². The maximum Gasteiger partial charge on any atom is 0.338 e. The van der Waals surface area contributed by atoms with Crippen LogP contribution in [0.4, 0.5) is 5.69 Å². The van der Waals surface area contributed by atoms with Crippen LogP contribution >= 0.6 is 0 Å². The molecule has 5 heteroatoms. The molecule has 0 aliphatic rings. The van der Waals surface area contributed by atoms with E-state index in [2.05, 4.69) is 5.32 Å². The van der Waals surface area contributed by atoms with E-state index in [9.17, 15) is 9.59 Å². The first kappa shape index (κ1) is 18.5. The Bertz CT molecular complexity index is 974. The summed E-state index contributed by atoms with van der Waals surface area (Å²) in [6.07, 6.45) is 1.43. The normalized spacial score (nSPS) is 10.5. The van der Waals surface area contributed by atoms with Crippen molar-refractivity contribution in [2.45, 2.75) is 27.4 Å². The summed E-state index contributed by atoms with van der Waals surface area (Å²) < 4.78 is 10.5. The van der Waals surface area contributed by atoms with E-state index in [1.165, 1.54) is 6.26 Å². The minimum atomic E-state index is -0.440. The molecule has 138 valence electrons. The van der Waals surface area contributed by atoms with Gasteiger partial charge in [-0.05, 0) is 61.7 Å². The van der Waals surface area contributed by atoms with Gasteiger partial charge in [0.05, 0.1) is 11.8 Å². The van der Waals surface area contributed by atoms with Crippen molar-refractivity contribution in [1.82, 2.24) is 0 Å². The number of amides is 1. The first-order valence-corrected chi connectivity index (χ1v) is 8.63. The summed E-state index contributed by atoms with van der Waals surface area (Å²) in [6.45, 7) is 6.03. The van der Waals surface area contributed by atoms with Gasteiger partial charge < -0.3 is 14.5 Å². The lowest BCUT2D eigenvalue weighted by atomic mass is 10.1. The SMILES string of the molecule is Cc1ccc(C)c(COC(=O)c2ccc(C)c(NC(=O)c3ccco3)c2)c1. The van der Waals surface area contributed by atoms with Gasteiger partial charge in [0, 0.05) is 5.69 Å². The van der Waals surface area contributed by atoms with Gasteiger partial charge in [-0.3, -0.25) is 4.79 Å². The molecule has 0 fully saturated rings. The van der Waals surface area contributed by atoms with Crippen LogP contribution in [0.5, 0.6) is 0 Å². The number of carbonyl (C=O) groups excluding carboxylic acids is 2. The molecule has 3 rings (SSSR count). The number of esters is 1. The summed E-state index contributed by atoms with van der Waals surface area (Å²) in [7, 11) is 0. The number of anilines is 1. The van der Waals surface area contributed by atoms with Gasteiger partial charge in [-0.1, -0.05) is 29.8 Å². The lowest BCUT2D eigenvalue weighted by Gasteiger charge is -2.11. The number of aryl methyl sites for hydroxylation is 3. The molecule has 0 radical (unpaired) electrons. The van der Waals surface area contributed by atoms with E-state index in [0.29, 0.717) is 11.3 Å². The van der Waals surface area contributed by atoms with Crippen molar-refractivity contribution in [3.8, 4) is 0 Å². The zero-order valence-corrected chi connectivity index (χ0v) is 15.5. The molecule has 0 aliphatic heterocycles. The monoisotopic (exact) mass is 363 g/mol. The molecule has 0 unspecified atom stereocenters. The van der Waals surface area contributed by atoms with Crippen LogP contribution in [0, 0.1) is 20.8 Å². The van der Waals surface area contributed by atoms with Crippen molar-refractivity contribution >= 4 is 17.6 Å². The van der Waals surface area contributed by atoms with E-state index in [1.54, 1.807) is 30.3 Å². The van der Waals surface area contributed by atoms with E-state index in [4.69, 9.17) is 9.15 Å². The summed E-state index contributed by atoms with van der Waals surface area (Å²) >= 11 is 0. The third-order valence-electron chi connectivity index (χ3n) is 4.33. The predicted molar refractivity (Wildman–Crippen MR) is 103 cm³/mol. The number of hydrogen-bond donors (Lipinski definition) is 1. The Morgan fingerprint density at radius 2 is 1.78 bits per heavy atom. The lowest BCUT2D eigenvalue weighted by Crippen LogP contribution is -2.13. The minimum absolute atomic E-state index is 0.203. The molecule has 1 aromatic heterocycles. The maximum absolute atomic E-state index is 12.4. The number of benzene rings is 2. The molecular formula is C22H21NO4. The maximum atomic E-state index is 12.4. The Labute approximate surface area is 158 Å². The van der Waals surface area contributed by atoms with Crippen LogP contribution in [-0.4, -0.2) is 11.9 Å². The van der Waals surface area contributed by atoms with E-state index >= 15 is 0 Å². The summed E-state index contributed by atoms with van der Waals surface area (Å²) in [4.78, 5) is 24.6. The van der Waals surface area contributed by atoms with Crippen molar-refractivity contribution in [1.29, 1.82) is 0 Å². The van der Waals surface area contributed by atoms with Crippen LogP contribution in [0.3, 0.4) is 0 Å². The van der Waals surface area contributed by atoms with Crippen molar-refractivity contribution in [3.63, 3.8) is 0 Å². The number of rotatable bonds is 5. The third kappa shape index (κ3) is 4.44. The van der Waals surface area contributed by atoms with Crippen LogP contribution in [-0.2, 0) is 11.3 Å². The van der Waals surface area contributed by atoms with Gasteiger partial charge >= 0.3 is 5.97 Å². The average molecular weight is 363 g/mol. The third-order valence-corrected chi connectivity index (χ3v) is 4.33. The van der Waals surface area contributed by atoms with Crippen LogP contribution in [0.15, 0.2) is 59.2 Å². The van der Waals surface area contributed by atoms with Crippen LogP contribution < -0.4 is 5.32 Å². The Balaban J connectivity index is 1.71.